The van der Waals surface area contributed by atoms with Crippen molar-refractivity contribution in [3.63, 3.8) is 0 Å². The van der Waals surface area contributed by atoms with Crippen LogP contribution in [0.1, 0.15) is 37.7 Å². The van der Waals surface area contributed by atoms with E-state index in [1.165, 1.54) is 28.4 Å². The van der Waals surface area contributed by atoms with Crippen LogP contribution in [0.25, 0.3) is 0 Å². The number of nitrogens with one attached hydrogen (secondary N) is 1. The maximum absolute atomic E-state index is 13.0. The Labute approximate surface area is 193 Å². The Hall–Kier alpha value is -1.60. The highest BCUT2D eigenvalue weighted by atomic mass is 35.5. The van der Waals surface area contributed by atoms with Gasteiger partial charge in [0, 0.05) is 36.0 Å². The minimum atomic E-state index is -3.75. The molecule has 166 valence electrons. The van der Waals surface area contributed by atoms with Crippen LogP contribution in [0.3, 0.4) is 0 Å². The molecule has 0 atom stereocenters. The van der Waals surface area contributed by atoms with Crippen LogP contribution < -0.4 is 5.32 Å². The number of halogens is 2. The van der Waals surface area contributed by atoms with Crippen LogP contribution in [-0.4, -0.2) is 38.3 Å². The summed E-state index contributed by atoms with van der Waals surface area (Å²) >= 11 is 12.1. The van der Waals surface area contributed by atoms with Gasteiger partial charge >= 0.3 is 0 Å². The van der Waals surface area contributed by atoms with Crippen molar-refractivity contribution in [2.75, 3.05) is 19.6 Å². The molecule has 1 saturated carbocycles. The first kappa shape index (κ1) is 22.6. The molecule has 4 rings (SSSR count). The first-order valence-corrected chi connectivity index (χ1v) is 12.8. The third-order valence-corrected chi connectivity index (χ3v) is 9.25. The van der Waals surface area contributed by atoms with Gasteiger partial charge in [-0.05, 0) is 49.4 Å². The lowest BCUT2D eigenvalue weighted by molar-refractivity contribution is -0.126. The summed E-state index contributed by atoms with van der Waals surface area (Å²) in [5, 5.41) is 3.62. The molecule has 1 N–H and O–H groups in total. The van der Waals surface area contributed by atoms with E-state index in [0.717, 1.165) is 12.8 Å². The molecule has 1 heterocycles. The molecule has 1 saturated heterocycles. The van der Waals surface area contributed by atoms with Gasteiger partial charge in [-0.25, -0.2) is 8.42 Å². The van der Waals surface area contributed by atoms with Crippen LogP contribution in [0.5, 0.6) is 0 Å². The van der Waals surface area contributed by atoms with E-state index in [9.17, 15) is 13.2 Å². The topological polar surface area (TPSA) is 66.5 Å². The SMILES string of the molecule is O=C(NCC1(c2ccccc2)CCC1)C1CCN(S(=O)(=O)c2cc(Cl)ccc2Cl)CC1. The smallest absolute Gasteiger partial charge is 0.244 e. The Morgan fingerprint density at radius 3 is 2.35 bits per heavy atom. The molecule has 2 aromatic rings. The number of sulfonamides is 1. The monoisotopic (exact) mass is 480 g/mol. The average Bonchev–Trinajstić information content (AvgIpc) is 2.75. The van der Waals surface area contributed by atoms with Crippen molar-refractivity contribution in [3.05, 3.63) is 64.1 Å². The Morgan fingerprint density at radius 1 is 1.06 bits per heavy atom. The fourth-order valence-electron chi connectivity index (χ4n) is 4.54. The lowest BCUT2D eigenvalue weighted by Crippen LogP contribution is -2.48. The predicted octanol–water partition coefficient (Wildman–Crippen LogP) is 4.63. The lowest BCUT2D eigenvalue weighted by atomic mass is 9.64. The predicted molar refractivity (Wildman–Crippen MR) is 123 cm³/mol. The van der Waals surface area contributed by atoms with E-state index in [0.29, 0.717) is 24.4 Å². The fraction of sp³-hybridized carbons (Fsp3) is 0.435. The highest BCUT2D eigenvalue weighted by Gasteiger charge is 2.40. The number of rotatable bonds is 6. The number of hydrogen-bond donors (Lipinski definition) is 1. The van der Waals surface area contributed by atoms with Crippen molar-refractivity contribution in [1.82, 2.24) is 9.62 Å². The van der Waals surface area contributed by atoms with E-state index in [1.807, 2.05) is 18.2 Å². The largest absolute Gasteiger partial charge is 0.355 e. The number of carbonyl (C=O) groups is 1. The minimum Gasteiger partial charge on any atom is -0.355 e. The zero-order valence-electron chi connectivity index (χ0n) is 17.2. The molecule has 31 heavy (non-hydrogen) atoms. The molecule has 2 fully saturated rings. The summed E-state index contributed by atoms with van der Waals surface area (Å²) in [5.74, 6) is -0.172. The summed E-state index contributed by atoms with van der Waals surface area (Å²) in [6, 6.07) is 14.8. The van der Waals surface area contributed by atoms with Crippen molar-refractivity contribution in [2.45, 2.75) is 42.4 Å². The van der Waals surface area contributed by atoms with E-state index in [4.69, 9.17) is 23.2 Å². The summed E-state index contributed by atoms with van der Waals surface area (Å²) in [5.41, 5.74) is 1.31. The fourth-order valence-corrected chi connectivity index (χ4v) is 6.74. The van der Waals surface area contributed by atoms with Crippen molar-refractivity contribution in [3.8, 4) is 0 Å². The summed E-state index contributed by atoms with van der Waals surface area (Å²) in [6.45, 7) is 1.20. The number of benzene rings is 2. The minimum absolute atomic E-state index is 0.0133. The zero-order chi connectivity index (χ0) is 22.1. The highest BCUT2D eigenvalue weighted by molar-refractivity contribution is 7.89. The van der Waals surface area contributed by atoms with E-state index >= 15 is 0 Å². The van der Waals surface area contributed by atoms with Crippen LogP contribution >= 0.6 is 23.2 Å². The van der Waals surface area contributed by atoms with Crippen LogP contribution in [0.2, 0.25) is 10.0 Å². The quantitative estimate of drug-likeness (QED) is 0.654. The summed E-state index contributed by atoms with van der Waals surface area (Å²) in [6.07, 6.45) is 4.30. The van der Waals surface area contributed by atoms with Gasteiger partial charge in [0.25, 0.3) is 0 Å². The first-order chi connectivity index (χ1) is 14.8. The van der Waals surface area contributed by atoms with Crippen molar-refractivity contribution in [1.29, 1.82) is 0 Å². The van der Waals surface area contributed by atoms with E-state index in [-0.39, 0.29) is 40.2 Å². The van der Waals surface area contributed by atoms with Gasteiger partial charge in [0.2, 0.25) is 15.9 Å². The van der Waals surface area contributed by atoms with E-state index in [2.05, 4.69) is 17.4 Å². The lowest BCUT2D eigenvalue weighted by Gasteiger charge is -2.43. The summed E-state index contributed by atoms with van der Waals surface area (Å²) < 4.78 is 27.4. The van der Waals surface area contributed by atoms with Gasteiger partial charge in [0.1, 0.15) is 4.90 Å². The Balaban J connectivity index is 1.35. The summed E-state index contributed by atoms with van der Waals surface area (Å²) in [7, 11) is -3.75. The first-order valence-electron chi connectivity index (χ1n) is 10.6. The summed E-state index contributed by atoms with van der Waals surface area (Å²) in [4.78, 5) is 12.8. The van der Waals surface area contributed by atoms with Gasteiger partial charge in [-0.15, -0.1) is 0 Å². The number of amides is 1. The third kappa shape index (κ3) is 4.63. The van der Waals surface area contributed by atoms with Gasteiger partial charge in [0.15, 0.2) is 0 Å². The molecular weight excluding hydrogens is 455 g/mol. The third-order valence-electron chi connectivity index (χ3n) is 6.63. The average molecular weight is 481 g/mol. The Morgan fingerprint density at radius 2 is 1.74 bits per heavy atom. The molecular formula is C23H26Cl2N2O3S. The van der Waals surface area contributed by atoms with Crippen LogP contribution in [0.15, 0.2) is 53.4 Å². The van der Waals surface area contributed by atoms with Crippen molar-refractivity contribution < 1.29 is 13.2 Å². The Bertz CT molecular complexity index is 1050. The molecule has 5 nitrogen and oxygen atoms in total. The Kier molecular flexibility index (Phi) is 6.63. The maximum Gasteiger partial charge on any atom is 0.244 e. The molecule has 1 aliphatic heterocycles. The maximum atomic E-state index is 13.0. The second-order valence-corrected chi connectivity index (χ2v) is 11.2. The number of piperidine rings is 1. The van der Waals surface area contributed by atoms with E-state index in [1.54, 1.807) is 6.07 Å². The van der Waals surface area contributed by atoms with Crippen LogP contribution in [-0.2, 0) is 20.2 Å². The van der Waals surface area contributed by atoms with Crippen LogP contribution in [0, 0.1) is 5.92 Å². The normalized spacial score (nSPS) is 19.5. The van der Waals surface area contributed by atoms with Gasteiger partial charge in [-0.3, -0.25) is 4.79 Å². The molecule has 8 heteroatoms. The standard InChI is InChI=1S/C23H26Cl2N2O3S/c24-19-7-8-20(25)21(15-19)31(29,30)27-13-9-17(10-14-27)22(28)26-16-23(11-4-12-23)18-5-2-1-3-6-18/h1-3,5-8,15,17H,4,9-14,16H2,(H,26,28). The molecule has 0 aromatic heterocycles. The second-order valence-electron chi connectivity index (χ2n) is 8.47. The number of carbonyl (C=O) groups excluding carboxylic acids is 1. The molecule has 2 aliphatic rings. The number of nitrogens with zero attached hydrogens (tertiary/aromatic N) is 1. The molecule has 2 aromatic carbocycles. The van der Waals surface area contributed by atoms with Crippen LogP contribution in [0.4, 0.5) is 0 Å². The molecule has 0 spiro atoms. The molecule has 1 amide bonds. The second kappa shape index (κ2) is 9.10. The zero-order valence-corrected chi connectivity index (χ0v) is 19.5. The number of hydrogen-bond acceptors (Lipinski definition) is 3. The van der Waals surface area contributed by atoms with Gasteiger partial charge < -0.3 is 5.32 Å². The molecule has 0 unspecified atom stereocenters. The molecule has 0 radical (unpaired) electrons. The van der Waals surface area contributed by atoms with Crippen molar-refractivity contribution in [2.24, 2.45) is 5.92 Å². The van der Waals surface area contributed by atoms with Gasteiger partial charge in [0.05, 0.1) is 5.02 Å². The molecule has 0 bridgehead atoms. The van der Waals surface area contributed by atoms with E-state index < -0.39 is 10.0 Å². The molecule has 1 aliphatic carbocycles. The van der Waals surface area contributed by atoms with Gasteiger partial charge in [-0.2, -0.15) is 4.31 Å². The van der Waals surface area contributed by atoms with Crippen molar-refractivity contribution >= 4 is 39.1 Å². The highest BCUT2D eigenvalue weighted by Crippen LogP contribution is 2.43. The van der Waals surface area contributed by atoms with Gasteiger partial charge in [-0.1, -0.05) is 60.0 Å².